The highest BCUT2D eigenvalue weighted by molar-refractivity contribution is 6.05. The minimum atomic E-state index is -0.747. The van der Waals surface area contributed by atoms with Gasteiger partial charge in [-0.25, -0.2) is 4.79 Å². The van der Waals surface area contributed by atoms with Gasteiger partial charge in [-0.15, -0.1) is 0 Å². The fraction of sp³-hybridized carbons (Fsp3) is 0.0800. The number of anilines is 1. The number of hydrogen-bond acceptors (Lipinski definition) is 4. The van der Waals surface area contributed by atoms with Crippen LogP contribution in [0, 0.1) is 6.92 Å². The number of aromatic nitrogens is 1. The second kappa shape index (κ2) is 8.77. The van der Waals surface area contributed by atoms with Gasteiger partial charge in [0.1, 0.15) is 0 Å². The van der Waals surface area contributed by atoms with E-state index in [0.29, 0.717) is 22.5 Å². The number of methoxy groups -OCH3 is 1. The molecular formula is C25H21N3O4. The largest absolute Gasteiger partial charge is 0.451 e. The molecule has 4 rings (SSSR count). The molecule has 0 aromatic heterocycles. The van der Waals surface area contributed by atoms with Crippen LogP contribution in [0.3, 0.4) is 0 Å². The van der Waals surface area contributed by atoms with Crippen LogP contribution in [0.15, 0.2) is 89.9 Å². The van der Waals surface area contributed by atoms with Crippen LogP contribution in [-0.2, 0) is 4.74 Å². The van der Waals surface area contributed by atoms with Crippen LogP contribution < -0.4 is 15.9 Å². The molecule has 0 radical (unpaired) electrons. The number of nitrogens with one attached hydrogen (secondary N) is 1. The molecule has 2 aromatic rings. The van der Waals surface area contributed by atoms with Crippen LogP contribution in [0.2, 0.25) is 0 Å². The summed E-state index contributed by atoms with van der Waals surface area (Å²) >= 11 is 0. The molecule has 0 fully saturated rings. The SMILES string of the molecule is COC(=O)N(NC(=O)c1c2cc(=O)ccc-2cn(-c2ccccc2)c1C)c1ccccc1. The maximum Gasteiger partial charge on any atom is 0.433 e. The van der Waals surface area contributed by atoms with E-state index in [9.17, 15) is 14.4 Å². The second-order valence-electron chi connectivity index (χ2n) is 7.13. The highest BCUT2D eigenvalue weighted by Crippen LogP contribution is 2.29. The number of benzene rings is 3. The maximum absolute atomic E-state index is 13.5. The molecule has 2 amide bonds. The van der Waals surface area contributed by atoms with Gasteiger partial charge in [-0.05, 0) is 55.0 Å². The summed E-state index contributed by atoms with van der Waals surface area (Å²) in [6.45, 7) is 1.80. The molecular weight excluding hydrogens is 406 g/mol. The number of ether oxygens (including phenoxy) is 1. The molecule has 0 saturated carbocycles. The zero-order valence-electron chi connectivity index (χ0n) is 17.6. The number of rotatable bonds is 3. The van der Waals surface area contributed by atoms with Gasteiger partial charge in [0.05, 0.1) is 18.4 Å². The number of para-hydroxylation sites is 2. The second-order valence-corrected chi connectivity index (χ2v) is 7.13. The van der Waals surface area contributed by atoms with E-state index in [0.717, 1.165) is 10.7 Å². The minimum absolute atomic E-state index is 0.212. The molecule has 1 aliphatic heterocycles. The van der Waals surface area contributed by atoms with Gasteiger partial charge in [-0.3, -0.25) is 15.0 Å². The lowest BCUT2D eigenvalue weighted by molar-refractivity contribution is 0.0940. The van der Waals surface area contributed by atoms with Crippen molar-refractivity contribution in [3.8, 4) is 16.8 Å². The average molecular weight is 427 g/mol. The molecule has 2 aliphatic rings. The van der Waals surface area contributed by atoms with Crippen molar-refractivity contribution in [1.29, 1.82) is 0 Å². The van der Waals surface area contributed by atoms with Crippen LogP contribution in [-0.4, -0.2) is 23.7 Å². The molecule has 0 atom stereocenters. The number of hydrogen-bond donors (Lipinski definition) is 1. The molecule has 32 heavy (non-hydrogen) atoms. The van der Waals surface area contributed by atoms with Crippen molar-refractivity contribution in [3.63, 3.8) is 0 Å². The first-order valence-electron chi connectivity index (χ1n) is 9.95. The summed E-state index contributed by atoms with van der Waals surface area (Å²) in [7, 11) is 1.24. The Hall–Kier alpha value is -4.39. The van der Waals surface area contributed by atoms with Gasteiger partial charge in [0, 0.05) is 23.1 Å². The number of amides is 2. The zero-order chi connectivity index (χ0) is 22.7. The highest BCUT2D eigenvalue weighted by atomic mass is 16.5. The Balaban J connectivity index is 1.86. The molecule has 2 aromatic carbocycles. The Kier molecular flexibility index (Phi) is 5.72. The topological polar surface area (TPSA) is 80.6 Å². The van der Waals surface area contributed by atoms with Crippen LogP contribution in [0.4, 0.5) is 10.5 Å². The highest BCUT2D eigenvalue weighted by Gasteiger charge is 2.25. The van der Waals surface area contributed by atoms with Crippen LogP contribution >= 0.6 is 0 Å². The number of carbonyl (C=O) groups excluding carboxylic acids is 2. The summed E-state index contributed by atoms with van der Waals surface area (Å²) in [6, 6.07) is 22.8. The number of nitrogens with zero attached hydrogens (tertiary/aromatic N) is 2. The molecule has 160 valence electrons. The van der Waals surface area contributed by atoms with E-state index in [1.807, 2.05) is 41.1 Å². The smallest absolute Gasteiger partial charge is 0.433 e. The van der Waals surface area contributed by atoms with Gasteiger partial charge in [-0.2, -0.15) is 5.01 Å². The van der Waals surface area contributed by atoms with E-state index >= 15 is 0 Å². The van der Waals surface area contributed by atoms with E-state index in [-0.39, 0.29) is 11.0 Å². The first-order chi connectivity index (χ1) is 15.5. The molecule has 1 aliphatic carbocycles. The third kappa shape index (κ3) is 3.96. The Morgan fingerprint density at radius 1 is 0.938 bits per heavy atom. The van der Waals surface area contributed by atoms with Crippen LogP contribution in [0.25, 0.3) is 16.8 Å². The third-order valence-corrected chi connectivity index (χ3v) is 5.13. The number of hydrazine groups is 1. The summed E-state index contributed by atoms with van der Waals surface area (Å²) in [5.74, 6) is -0.544. The first kappa shape index (κ1) is 20.9. The Labute approximate surface area is 184 Å². The lowest BCUT2D eigenvalue weighted by atomic mass is 9.97. The lowest BCUT2D eigenvalue weighted by Gasteiger charge is -2.25. The Bertz CT molecular complexity index is 1300. The molecule has 0 bridgehead atoms. The van der Waals surface area contributed by atoms with Crippen molar-refractivity contribution in [2.45, 2.75) is 6.92 Å². The van der Waals surface area contributed by atoms with Crippen molar-refractivity contribution in [2.75, 3.05) is 12.1 Å². The molecule has 0 spiro atoms. The molecule has 0 saturated heterocycles. The predicted octanol–water partition coefficient (Wildman–Crippen LogP) is 4.17. The van der Waals surface area contributed by atoms with E-state index < -0.39 is 12.0 Å². The molecule has 0 unspecified atom stereocenters. The van der Waals surface area contributed by atoms with Crippen molar-refractivity contribution in [1.82, 2.24) is 9.99 Å². The van der Waals surface area contributed by atoms with E-state index in [1.54, 1.807) is 43.3 Å². The van der Waals surface area contributed by atoms with Gasteiger partial charge in [-0.1, -0.05) is 36.4 Å². The Morgan fingerprint density at radius 2 is 1.59 bits per heavy atom. The molecule has 1 N–H and O–H groups in total. The standard InChI is InChI=1S/C25H21N3O4/c1-17-23(24(30)26-28(25(31)32-2)20-11-7-4-8-12-20)22-15-21(29)14-13-18(22)16-27(17)19-9-5-3-6-10-19/h3-16H,1-2H3,(H,26,30). The van der Waals surface area contributed by atoms with Crippen LogP contribution in [0.5, 0.6) is 0 Å². The fourth-order valence-corrected chi connectivity index (χ4v) is 3.60. The summed E-state index contributed by atoms with van der Waals surface area (Å²) in [6.07, 6.45) is 1.13. The summed E-state index contributed by atoms with van der Waals surface area (Å²) in [4.78, 5) is 38.0. The van der Waals surface area contributed by atoms with Crippen molar-refractivity contribution in [2.24, 2.45) is 0 Å². The van der Waals surface area contributed by atoms with Crippen molar-refractivity contribution < 1.29 is 14.3 Å². The third-order valence-electron chi connectivity index (χ3n) is 5.13. The average Bonchev–Trinajstić information content (AvgIpc) is 2.82. The minimum Gasteiger partial charge on any atom is -0.451 e. The molecule has 1 heterocycles. The first-order valence-corrected chi connectivity index (χ1v) is 9.95. The normalized spacial score (nSPS) is 10.6. The predicted molar refractivity (Wildman–Crippen MR) is 122 cm³/mol. The molecule has 7 nitrogen and oxygen atoms in total. The van der Waals surface area contributed by atoms with Crippen molar-refractivity contribution in [3.05, 3.63) is 107 Å². The van der Waals surface area contributed by atoms with E-state index in [1.165, 1.54) is 19.2 Å². The molecule has 7 heteroatoms. The fourth-order valence-electron chi connectivity index (χ4n) is 3.60. The van der Waals surface area contributed by atoms with Crippen LogP contribution in [0.1, 0.15) is 16.1 Å². The van der Waals surface area contributed by atoms with Gasteiger partial charge in [0.25, 0.3) is 5.91 Å². The van der Waals surface area contributed by atoms with Gasteiger partial charge in [0.2, 0.25) is 0 Å². The van der Waals surface area contributed by atoms with Crippen molar-refractivity contribution >= 4 is 17.7 Å². The summed E-state index contributed by atoms with van der Waals surface area (Å²) < 4.78 is 6.73. The van der Waals surface area contributed by atoms with Gasteiger partial charge in [0.15, 0.2) is 5.43 Å². The monoisotopic (exact) mass is 427 g/mol. The maximum atomic E-state index is 13.5. The van der Waals surface area contributed by atoms with Gasteiger partial charge < -0.3 is 9.30 Å². The quantitative estimate of drug-likeness (QED) is 0.498. The number of fused-ring (bicyclic) bond motifs is 1. The number of pyridine rings is 1. The van der Waals surface area contributed by atoms with Gasteiger partial charge >= 0.3 is 6.09 Å². The Morgan fingerprint density at radius 3 is 2.25 bits per heavy atom. The van der Waals surface area contributed by atoms with E-state index in [2.05, 4.69) is 5.43 Å². The summed E-state index contributed by atoms with van der Waals surface area (Å²) in [5.41, 5.74) is 5.84. The van der Waals surface area contributed by atoms with E-state index in [4.69, 9.17) is 4.74 Å². The summed E-state index contributed by atoms with van der Waals surface area (Å²) in [5, 5.41) is 1.04. The number of carbonyl (C=O) groups is 2. The lowest BCUT2D eigenvalue weighted by Crippen LogP contribution is -2.47. The zero-order valence-corrected chi connectivity index (χ0v) is 17.6.